The van der Waals surface area contributed by atoms with Crippen LogP contribution in [0.15, 0.2) is 0 Å². The van der Waals surface area contributed by atoms with Gasteiger partial charge in [-0.2, -0.15) is 0 Å². The van der Waals surface area contributed by atoms with Gasteiger partial charge in [-0.1, -0.05) is 52.4 Å². The standard InChI is InChI=1S/C13H26O/c1-3-5-7-8-10-13(14)11-12(13)9-6-4-2/h12,14H,3-11H2,1-2H3. The maximum Gasteiger partial charge on any atom is 0.0680 e. The first-order valence-electron chi connectivity index (χ1n) is 6.45. The predicted octanol–water partition coefficient (Wildman–Crippen LogP) is 3.90. The van der Waals surface area contributed by atoms with E-state index < -0.39 is 0 Å². The van der Waals surface area contributed by atoms with E-state index in [-0.39, 0.29) is 5.60 Å². The lowest BCUT2D eigenvalue weighted by Crippen LogP contribution is -2.10. The summed E-state index contributed by atoms with van der Waals surface area (Å²) in [6.45, 7) is 4.46. The molecule has 1 heteroatoms. The molecule has 0 aromatic carbocycles. The van der Waals surface area contributed by atoms with Crippen molar-refractivity contribution in [2.75, 3.05) is 0 Å². The number of aliphatic hydroxyl groups is 1. The molecule has 0 spiro atoms. The number of hydrogen-bond acceptors (Lipinski definition) is 1. The third-order valence-electron chi connectivity index (χ3n) is 3.57. The maximum absolute atomic E-state index is 10.1. The average Bonchev–Trinajstić information content (AvgIpc) is 2.82. The Morgan fingerprint density at radius 3 is 2.43 bits per heavy atom. The Hall–Kier alpha value is -0.0400. The molecule has 0 bridgehead atoms. The molecule has 0 radical (unpaired) electrons. The van der Waals surface area contributed by atoms with Crippen LogP contribution >= 0.6 is 0 Å². The Bertz CT molecular complexity index is 155. The van der Waals surface area contributed by atoms with Crippen molar-refractivity contribution >= 4 is 0 Å². The van der Waals surface area contributed by atoms with Gasteiger partial charge in [0.1, 0.15) is 0 Å². The first-order chi connectivity index (χ1) is 6.73. The SMILES string of the molecule is CCCCCCC1(O)CC1CCCC. The highest BCUT2D eigenvalue weighted by molar-refractivity contribution is 5.02. The van der Waals surface area contributed by atoms with E-state index >= 15 is 0 Å². The van der Waals surface area contributed by atoms with E-state index in [0.29, 0.717) is 5.92 Å². The van der Waals surface area contributed by atoms with Crippen LogP contribution in [0.1, 0.15) is 71.6 Å². The van der Waals surface area contributed by atoms with E-state index in [2.05, 4.69) is 13.8 Å². The molecular weight excluding hydrogens is 172 g/mol. The molecule has 84 valence electrons. The Kier molecular flexibility index (Phi) is 4.94. The van der Waals surface area contributed by atoms with Gasteiger partial charge >= 0.3 is 0 Å². The second-order valence-electron chi connectivity index (χ2n) is 4.96. The second-order valence-corrected chi connectivity index (χ2v) is 4.96. The minimum absolute atomic E-state index is 0.233. The van der Waals surface area contributed by atoms with Crippen LogP contribution < -0.4 is 0 Å². The van der Waals surface area contributed by atoms with E-state index in [1.165, 1.54) is 44.9 Å². The molecule has 1 aliphatic rings. The zero-order valence-corrected chi connectivity index (χ0v) is 9.89. The molecule has 14 heavy (non-hydrogen) atoms. The summed E-state index contributed by atoms with van der Waals surface area (Å²) in [5.74, 6) is 0.643. The van der Waals surface area contributed by atoms with Crippen molar-refractivity contribution in [3.63, 3.8) is 0 Å². The number of hydrogen-bond donors (Lipinski definition) is 1. The monoisotopic (exact) mass is 198 g/mol. The lowest BCUT2D eigenvalue weighted by atomic mass is 10.0. The zero-order chi connectivity index (χ0) is 10.4. The maximum atomic E-state index is 10.1. The van der Waals surface area contributed by atoms with Crippen LogP contribution in [0, 0.1) is 5.92 Å². The van der Waals surface area contributed by atoms with Gasteiger partial charge in [-0.15, -0.1) is 0 Å². The molecular formula is C13H26O. The Morgan fingerprint density at radius 2 is 1.79 bits per heavy atom. The van der Waals surface area contributed by atoms with E-state index in [9.17, 15) is 5.11 Å². The van der Waals surface area contributed by atoms with Gasteiger partial charge in [0.15, 0.2) is 0 Å². The van der Waals surface area contributed by atoms with E-state index in [1.807, 2.05) is 0 Å². The number of rotatable bonds is 8. The molecule has 0 aliphatic heterocycles. The van der Waals surface area contributed by atoms with Crippen molar-refractivity contribution in [1.82, 2.24) is 0 Å². The smallest absolute Gasteiger partial charge is 0.0680 e. The second kappa shape index (κ2) is 5.75. The minimum atomic E-state index is -0.233. The van der Waals surface area contributed by atoms with Crippen molar-refractivity contribution in [3.05, 3.63) is 0 Å². The summed E-state index contributed by atoms with van der Waals surface area (Å²) in [6, 6.07) is 0. The summed E-state index contributed by atoms with van der Waals surface area (Å²) in [6.07, 6.45) is 11.1. The Balaban J connectivity index is 2.02. The van der Waals surface area contributed by atoms with Crippen LogP contribution in [0.3, 0.4) is 0 Å². The van der Waals surface area contributed by atoms with E-state index in [1.54, 1.807) is 0 Å². The Labute approximate surface area is 88.9 Å². The molecule has 2 atom stereocenters. The molecule has 0 amide bonds. The quantitative estimate of drug-likeness (QED) is 0.586. The molecule has 0 aromatic heterocycles. The molecule has 0 heterocycles. The van der Waals surface area contributed by atoms with Crippen LogP contribution in [-0.2, 0) is 0 Å². The summed E-state index contributed by atoms with van der Waals surface area (Å²) in [4.78, 5) is 0. The van der Waals surface area contributed by atoms with Crippen LogP contribution in [0.5, 0.6) is 0 Å². The first kappa shape index (κ1) is 12.0. The van der Waals surface area contributed by atoms with Crippen LogP contribution in [0.2, 0.25) is 0 Å². The average molecular weight is 198 g/mol. The van der Waals surface area contributed by atoms with Crippen molar-refractivity contribution in [1.29, 1.82) is 0 Å². The summed E-state index contributed by atoms with van der Waals surface area (Å²) in [7, 11) is 0. The highest BCUT2D eigenvalue weighted by Gasteiger charge is 2.50. The third-order valence-corrected chi connectivity index (χ3v) is 3.57. The third kappa shape index (κ3) is 3.61. The largest absolute Gasteiger partial charge is 0.390 e. The summed E-state index contributed by atoms with van der Waals surface area (Å²) in [5.41, 5.74) is -0.233. The Morgan fingerprint density at radius 1 is 1.07 bits per heavy atom. The highest BCUT2D eigenvalue weighted by atomic mass is 16.3. The molecule has 1 rings (SSSR count). The zero-order valence-electron chi connectivity index (χ0n) is 9.89. The topological polar surface area (TPSA) is 20.2 Å². The molecule has 1 nitrogen and oxygen atoms in total. The highest BCUT2D eigenvalue weighted by Crippen LogP contribution is 2.49. The van der Waals surface area contributed by atoms with Gasteiger partial charge < -0.3 is 5.11 Å². The van der Waals surface area contributed by atoms with Gasteiger partial charge in [0.2, 0.25) is 0 Å². The molecule has 1 saturated carbocycles. The summed E-state index contributed by atoms with van der Waals surface area (Å²) >= 11 is 0. The first-order valence-corrected chi connectivity index (χ1v) is 6.45. The van der Waals surface area contributed by atoms with Crippen molar-refractivity contribution in [2.45, 2.75) is 77.2 Å². The van der Waals surface area contributed by atoms with Crippen LogP contribution in [0.25, 0.3) is 0 Å². The van der Waals surface area contributed by atoms with Crippen molar-refractivity contribution < 1.29 is 5.11 Å². The normalized spacial score (nSPS) is 30.6. The lowest BCUT2D eigenvalue weighted by molar-refractivity contribution is 0.115. The molecule has 2 unspecified atom stereocenters. The fourth-order valence-corrected chi connectivity index (χ4v) is 2.35. The van der Waals surface area contributed by atoms with Crippen molar-refractivity contribution in [2.24, 2.45) is 5.92 Å². The van der Waals surface area contributed by atoms with Gasteiger partial charge in [0, 0.05) is 0 Å². The van der Waals surface area contributed by atoms with Crippen LogP contribution in [-0.4, -0.2) is 10.7 Å². The summed E-state index contributed by atoms with van der Waals surface area (Å²) < 4.78 is 0. The molecule has 0 aromatic rings. The molecule has 1 aliphatic carbocycles. The van der Waals surface area contributed by atoms with E-state index in [4.69, 9.17) is 0 Å². The molecule has 0 saturated heterocycles. The van der Waals surface area contributed by atoms with Crippen LogP contribution in [0.4, 0.5) is 0 Å². The predicted molar refractivity (Wildman–Crippen MR) is 61.3 cm³/mol. The lowest BCUT2D eigenvalue weighted by Gasteiger charge is -2.09. The van der Waals surface area contributed by atoms with Gasteiger partial charge in [-0.05, 0) is 25.2 Å². The van der Waals surface area contributed by atoms with Crippen molar-refractivity contribution in [3.8, 4) is 0 Å². The van der Waals surface area contributed by atoms with Gasteiger partial charge in [0.25, 0.3) is 0 Å². The van der Waals surface area contributed by atoms with Gasteiger partial charge in [-0.3, -0.25) is 0 Å². The van der Waals surface area contributed by atoms with Gasteiger partial charge in [-0.25, -0.2) is 0 Å². The fourth-order valence-electron chi connectivity index (χ4n) is 2.35. The molecule has 1 fully saturated rings. The number of unbranched alkanes of at least 4 members (excludes halogenated alkanes) is 4. The van der Waals surface area contributed by atoms with E-state index in [0.717, 1.165) is 12.8 Å². The summed E-state index contributed by atoms with van der Waals surface area (Å²) in [5, 5.41) is 10.1. The minimum Gasteiger partial charge on any atom is -0.390 e. The molecule has 1 N–H and O–H groups in total. The fraction of sp³-hybridized carbons (Fsp3) is 1.00. The van der Waals surface area contributed by atoms with Gasteiger partial charge in [0.05, 0.1) is 5.60 Å².